The van der Waals surface area contributed by atoms with Crippen LogP contribution in [-0.4, -0.2) is 46.3 Å². The molecule has 1 N–H and O–H groups in total. The van der Waals surface area contributed by atoms with Crippen LogP contribution in [0.2, 0.25) is 0 Å². The van der Waals surface area contributed by atoms with Crippen LogP contribution in [0.3, 0.4) is 0 Å². The predicted molar refractivity (Wildman–Crippen MR) is 123 cm³/mol. The number of carbonyl (C=O) groups excluding carboxylic acids is 2. The second-order valence-electron chi connectivity index (χ2n) is 8.89. The van der Waals surface area contributed by atoms with Crippen molar-refractivity contribution in [2.24, 2.45) is 10.9 Å². The van der Waals surface area contributed by atoms with Gasteiger partial charge < -0.3 is 10.2 Å². The van der Waals surface area contributed by atoms with Crippen molar-refractivity contribution < 1.29 is 9.59 Å². The summed E-state index contributed by atoms with van der Waals surface area (Å²) in [6.07, 6.45) is 10.7. The van der Waals surface area contributed by atoms with Gasteiger partial charge in [0.25, 0.3) is 0 Å². The molecule has 1 atom stereocenters. The summed E-state index contributed by atoms with van der Waals surface area (Å²) in [4.78, 5) is 31.9. The van der Waals surface area contributed by atoms with E-state index in [1.807, 2.05) is 4.90 Å². The Hall–Kier alpha value is -1.82. The van der Waals surface area contributed by atoms with Crippen LogP contribution in [0.1, 0.15) is 63.4 Å². The second-order valence-corrected chi connectivity index (χ2v) is 10.1. The second kappa shape index (κ2) is 10.5. The molecule has 2 aliphatic heterocycles. The molecule has 1 aromatic carbocycles. The van der Waals surface area contributed by atoms with Crippen molar-refractivity contribution in [1.29, 1.82) is 0 Å². The SMILES string of the molecule is O=C1NC(=NC2CCCCCC2)SC1CC(=O)N1CCC(Cc2ccccc2)CC1. The Morgan fingerprint density at radius 3 is 2.43 bits per heavy atom. The lowest BCUT2D eigenvalue weighted by molar-refractivity contribution is -0.134. The minimum Gasteiger partial charge on any atom is -0.343 e. The van der Waals surface area contributed by atoms with Crippen molar-refractivity contribution >= 4 is 28.7 Å². The zero-order chi connectivity index (χ0) is 20.8. The van der Waals surface area contributed by atoms with Gasteiger partial charge in [-0.3, -0.25) is 14.6 Å². The van der Waals surface area contributed by atoms with Crippen molar-refractivity contribution in [3.05, 3.63) is 35.9 Å². The topological polar surface area (TPSA) is 61.8 Å². The van der Waals surface area contributed by atoms with Crippen LogP contribution in [0.15, 0.2) is 35.3 Å². The maximum Gasteiger partial charge on any atom is 0.240 e. The molecule has 2 amide bonds. The van der Waals surface area contributed by atoms with Crippen LogP contribution in [0.4, 0.5) is 0 Å². The first-order valence-corrected chi connectivity index (χ1v) is 12.4. The Morgan fingerprint density at radius 2 is 1.73 bits per heavy atom. The number of hydrogen-bond donors (Lipinski definition) is 1. The molecule has 0 radical (unpaired) electrons. The number of amides is 2. The van der Waals surface area contributed by atoms with E-state index in [4.69, 9.17) is 4.99 Å². The van der Waals surface area contributed by atoms with Crippen LogP contribution in [0.25, 0.3) is 0 Å². The molecule has 4 rings (SSSR count). The van der Waals surface area contributed by atoms with Crippen molar-refractivity contribution in [1.82, 2.24) is 10.2 Å². The number of amidine groups is 1. The highest BCUT2D eigenvalue weighted by atomic mass is 32.2. The highest BCUT2D eigenvalue weighted by molar-refractivity contribution is 8.15. The molecule has 2 saturated heterocycles. The summed E-state index contributed by atoms with van der Waals surface area (Å²) in [6, 6.07) is 10.9. The fraction of sp³-hybridized carbons (Fsp3) is 0.625. The standard InChI is InChI=1S/C24H33N3O2S/c28-22(27-14-12-19(13-15-27)16-18-8-4-3-5-9-18)17-21-23(29)26-24(30-21)25-20-10-6-1-2-7-11-20/h3-5,8-9,19-21H,1-2,6-7,10-17H2,(H,25,26,29). The lowest BCUT2D eigenvalue weighted by Crippen LogP contribution is -2.40. The van der Waals surface area contributed by atoms with E-state index in [0.717, 1.165) is 50.4 Å². The van der Waals surface area contributed by atoms with Gasteiger partial charge in [-0.1, -0.05) is 67.8 Å². The highest BCUT2D eigenvalue weighted by Gasteiger charge is 2.34. The summed E-state index contributed by atoms with van der Waals surface area (Å²) < 4.78 is 0. The molecule has 0 spiro atoms. The molecule has 3 fully saturated rings. The molecule has 30 heavy (non-hydrogen) atoms. The quantitative estimate of drug-likeness (QED) is 0.718. The first kappa shape index (κ1) is 21.4. The van der Waals surface area contributed by atoms with Gasteiger partial charge in [0.05, 0.1) is 6.04 Å². The average Bonchev–Trinajstić information content (AvgIpc) is 2.93. The zero-order valence-corrected chi connectivity index (χ0v) is 18.5. The molecule has 162 valence electrons. The number of nitrogens with one attached hydrogen (secondary N) is 1. The number of benzene rings is 1. The lowest BCUT2D eigenvalue weighted by atomic mass is 9.90. The third kappa shape index (κ3) is 5.87. The number of hydrogen-bond acceptors (Lipinski definition) is 4. The summed E-state index contributed by atoms with van der Waals surface area (Å²) in [7, 11) is 0. The van der Waals surface area contributed by atoms with E-state index in [9.17, 15) is 9.59 Å². The van der Waals surface area contributed by atoms with E-state index < -0.39 is 0 Å². The van der Waals surface area contributed by atoms with E-state index in [1.165, 1.54) is 43.0 Å². The van der Waals surface area contributed by atoms with Gasteiger partial charge >= 0.3 is 0 Å². The Morgan fingerprint density at radius 1 is 1.03 bits per heavy atom. The summed E-state index contributed by atoms with van der Waals surface area (Å²) in [5.41, 5.74) is 1.38. The molecular formula is C24H33N3O2S. The van der Waals surface area contributed by atoms with Gasteiger partial charge in [-0.15, -0.1) is 0 Å². The van der Waals surface area contributed by atoms with Crippen molar-refractivity contribution in [3.8, 4) is 0 Å². The number of rotatable bonds is 5. The summed E-state index contributed by atoms with van der Waals surface area (Å²) in [6.45, 7) is 1.61. The van der Waals surface area contributed by atoms with Gasteiger partial charge in [0, 0.05) is 19.5 Å². The van der Waals surface area contributed by atoms with Crippen LogP contribution in [0.5, 0.6) is 0 Å². The van der Waals surface area contributed by atoms with Gasteiger partial charge in [0.1, 0.15) is 5.25 Å². The number of carbonyl (C=O) groups is 2. The van der Waals surface area contributed by atoms with Gasteiger partial charge in [-0.2, -0.15) is 0 Å². The molecule has 2 heterocycles. The van der Waals surface area contributed by atoms with E-state index >= 15 is 0 Å². The molecule has 6 heteroatoms. The van der Waals surface area contributed by atoms with Gasteiger partial charge in [-0.05, 0) is 43.6 Å². The van der Waals surface area contributed by atoms with Crippen molar-refractivity contribution in [2.45, 2.75) is 75.5 Å². The lowest BCUT2D eigenvalue weighted by Gasteiger charge is -2.32. The largest absolute Gasteiger partial charge is 0.343 e. The van der Waals surface area contributed by atoms with E-state index in [-0.39, 0.29) is 23.5 Å². The van der Waals surface area contributed by atoms with Gasteiger partial charge in [0.2, 0.25) is 11.8 Å². The van der Waals surface area contributed by atoms with Gasteiger partial charge in [-0.25, -0.2) is 0 Å². The number of thioether (sulfide) groups is 1. The van der Waals surface area contributed by atoms with E-state index in [1.54, 1.807) is 0 Å². The highest BCUT2D eigenvalue weighted by Crippen LogP contribution is 2.28. The molecule has 1 aliphatic carbocycles. The fourth-order valence-electron chi connectivity index (χ4n) is 4.78. The smallest absolute Gasteiger partial charge is 0.240 e. The molecule has 0 bridgehead atoms. The number of likely N-dealkylation sites (tertiary alicyclic amines) is 1. The normalized spacial score (nSPS) is 25.3. The third-order valence-electron chi connectivity index (χ3n) is 6.60. The Bertz CT molecular complexity index is 751. The van der Waals surface area contributed by atoms with Crippen LogP contribution in [0, 0.1) is 5.92 Å². The maximum absolute atomic E-state index is 12.8. The Kier molecular flexibility index (Phi) is 7.47. The molecule has 1 unspecified atom stereocenters. The van der Waals surface area contributed by atoms with Crippen molar-refractivity contribution in [3.63, 3.8) is 0 Å². The van der Waals surface area contributed by atoms with Crippen LogP contribution >= 0.6 is 11.8 Å². The number of piperidine rings is 1. The molecule has 5 nitrogen and oxygen atoms in total. The molecule has 1 aromatic rings. The summed E-state index contributed by atoms with van der Waals surface area (Å²) >= 11 is 1.46. The monoisotopic (exact) mass is 427 g/mol. The predicted octanol–water partition coefficient (Wildman–Crippen LogP) is 4.17. The number of aliphatic imine (C=N–C) groups is 1. The van der Waals surface area contributed by atoms with Crippen molar-refractivity contribution in [2.75, 3.05) is 13.1 Å². The first-order valence-electron chi connectivity index (χ1n) is 11.5. The minimum atomic E-state index is -0.330. The first-order chi connectivity index (χ1) is 14.7. The molecule has 3 aliphatic rings. The zero-order valence-electron chi connectivity index (χ0n) is 17.7. The molecule has 0 aromatic heterocycles. The molecular weight excluding hydrogens is 394 g/mol. The fourth-order valence-corrected chi connectivity index (χ4v) is 5.81. The average molecular weight is 428 g/mol. The summed E-state index contributed by atoms with van der Waals surface area (Å²) in [5, 5.41) is 3.32. The van der Waals surface area contributed by atoms with Crippen LogP contribution in [-0.2, 0) is 16.0 Å². The summed E-state index contributed by atoms with van der Waals surface area (Å²) in [5.74, 6) is 0.690. The van der Waals surface area contributed by atoms with Gasteiger partial charge in [0.15, 0.2) is 5.17 Å². The Labute approximate surface area is 184 Å². The van der Waals surface area contributed by atoms with E-state index in [2.05, 4.69) is 35.6 Å². The molecule has 1 saturated carbocycles. The minimum absolute atomic E-state index is 0.0558. The van der Waals surface area contributed by atoms with Crippen LogP contribution < -0.4 is 5.32 Å². The number of nitrogens with zero attached hydrogens (tertiary/aromatic N) is 2. The van der Waals surface area contributed by atoms with E-state index in [0.29, 0.717) is 12.0 Å². The maximum atomic E-state index is 12.8. The Balaban J connectivity index is 1.23. The third-order valence-corrected chi connectivity index (χ3v) is 7.69.